The first-order valence-electron chi connectivity index (χ1n) is 4.79. The molecule has 0 radical (unpaired) electrons. The monoisotopic (exact) mass is 140 g/mol. The van der Waals surface area contributed by atoms with Crippen LogP contribution in [0.3, 0.4) is 0 Å². The van der Waals surface area contributed by atoms with Gasteiger partial charge in [-0.05, 0) is 24.2 Å². The van der Waals surface area contributed by atoms with E-state index >= 15 is 0 Å². The second kappa shape index (κ2) is 3.41. The topological polar surface area (TPSA) is 0 Å². The molecule has 0 heteroatoms. The predicted molar refractivity (Wildman–Crippen MR) is 46.0 cm³/mol. The highest BCUT2D eigenvalue weighted by molar-refractivity contribution is 4.87. The molecule has 1 saturated carbocycles. The molecule has 1 fully saturated rings. The van der Waals surface area contributed by atoms with E-state index in [9.17, 15) is 0 Å². The van der Waals surface area contributed by atoms with Crippen LogP contribution in [0.4, 0.5) is 0 Å². The maximum Gasteiger partial charge on any atom is -0.0357 e. The molecule has 3 atom stereocenters. The molecule has 1 aliphatic carbocycles. The molecule has 0 nitrogen and oxygen atoms in total. The van der Waals surface area contributed by atoms with Gasteiger partial charge in [0.25, 0.3) is 0 Å². The molecule has 1 rings (SSSR count). The zero-order chi connectivity index (χ0) is 7.56. The van der Waals surface area contributed by atoms with Crippen molar-refractivity contribution in [1.29, 1.82) is 0 Å². The van der Waals surface area contributed by atoms with E-state index in [1.54, 1.807) is 0 Å². The highest BCUT2D eigenvalue weighted by Crippen LogP contribution is 2.46. The van der Waals surface area contributed by atoms with Crippen molar-refractivity contribution in [2.24, 2.45) is 17.8 Å². The third-order valence-electron chi connectivity index (χ3n) is 2.96. The van der Waals surface area contributed by atoms with E-state index in [0.717, 1.165) is 17.8 Å². The van der Waals surface area contributed by atoms with Gasteiger partial charge in [-0.1, -0.05) is 40.0 Å². The largest absolute Gasteiger partial charge is 0.0654 e. The van der Waals surface area contributed by atoms with Gasteiger partial charge in [0, 0.05) is 0 Å². The fourth-order valence-corrected chi connectivity index (χ4v) is 2.10. The SMILES string of the molecule is CCCC(CC)C1CC1C. The van der Waals surface area contributed by atoms with Crippen molar-refractivity contribution >= 4 is 0 Å². The maximum absolute atomic E-state index is 2.39. The van der Waals surface area contributed by atoms with Gasteiger partial charge in [-0.25, -0.2) is 0 Å². The molecule has 60 valence electrons. The normalized spacial score (nSPS) is 33.9. The molecule has 3 unspecified atom stereocenters. The van der Waals surface area contributed by atoms with Gasteiger partial charge in [0.05, 0.1) is 0 Å². The van der Waals surface area contributed by atoms with Crippen LogP contribution < -0.4 is 0 Å². The van der Waals surface area contributed by atoms with E-state index in [2.05, 4.69) is 20.8 Å². The first kappa shape index (κ1) is 8.10. The Morgan fingerprint density at radius 2 is 2.00 bits per heavy atom. The average molecular weight is 140 g/mol. The van der Waals surface area contributed by atoms with Gasteiger partial charge in [-0.3, -0.25) is 0 Å². The molecule has 0 heterocycles. The lowest BCUT2D eigenvalue weighted by Gasteiger charge is -2.11. The Morgan fingerprint density at radius 1 is 1.40 bits per heavy atom. The van der Waals surface area contributed by atoms with Crippen molar-refractivity contribution < 1.29 is 0 Å². The van der Waals surface area contributed by atoms with Crippen LogP contribution in [-0.4, -0.2) is 0 Å². The Kier molecular flexibility index (Phi) is 2.76. The van der Waals surface area contributed by atoms with Crippen molar-refractivity contribution in [3.05, 3.63) is 0 Å². The molecule has 0 spiro atoms. The summed E-state index contributed by atoms with van der Waals surface area (Å²) in [5.41, 5.74) is 0. The van der Waals surface area contributed by atoms with Crippen LogP contribution in [0.5, 0.6) is 0 Å². The van der Waals surface area contributed by atoms with Crippen molar-refractivity contribution in [1.82, 2.24) is 0 Å². The van der Waals surface area contributed by atoms with Crippen LogP contribution in [0.1, 0.15) is 46.5 Å². The molecule has 0 aromatic rings. The van der Waals surface area contributed by atoms with E-state index in [1.807, 2.05) is 0 Å². The van der Waals surface area contributed by atoms with E-state index in [-0.39, 0.29) is 0 Å². The van der Waals surface area contributed by atoms with Gasteiger partial charge in [0.15, 0.2) is 0 Å². The number of rotatable bonds is 4. The molecular formula is C10H20. The number of hydrogen-bond acceptors (Lipinski definition) is 0. The fraction of sp³-hybridized carbons (Fsp3) is 1.00. The van der Waals surface area contributed by atoms with Gasteiger partial charge >= 0.3 is 0 Å². The average Bonchev–Trinajstić information content (AvgIpc) is 2.62. The molecule has 0 aliphatic heterocycles. The fourth-order valence-electron chi connectivity index (χ4n) is 2.10. The van der Waals surface area contributed by atoms with Gasteiger partial charge in [-0.2, -0.15) is 0 Å². The standard InChI is InChI=1S/C10H20/c1-4-6-9(5-2)10-7-8(10)3/h8-10H,4-7H2,1-3H3. The second-order valence-electron chi connectivity index (χ2n) is 3.83. The minimum atomic E-state index is 1.05. The van der Waals surface area contributed by atoms with Crippen LogP contribution in [0.15, 0.2) is 0 Å². The Bertz CT molecular complexity index is 96.2. The smallest absolute Gasteiger partial charge is 0.0357 e. The first-order chi connectivity index (χ1) is 4.79. The summed E-state index contributed by atoms with van der Waals surface area (Å²) in [4.78, 5) is 0. The van der Waals surface area contributed by atoms with Crippen LogP contribution in [0.25, 0.3) is 0 Å². The molecule has 0 bridgehead atoms. The van der Waals surface area contributed by atoms with Gasteiger partial charge in [-0.15, -0.1) is 0 Å². The Hall–Kier alpha value is 0. The van der Waals surface area contributed by atoms with Gasteiger partial charge < -0.3 is 0 Å². The summed E-state index contributed by atoms with van der Waals surface area (Å²) in [6.45, 7) is 7.03. The summed E-state index contributed by atoms with van der Waals surface area (Å²) >= 11 is 0. The summed E-state index contributed by atoms with van der Waals surface area (Å²) in [6.07, 6.45) is 5.76. The predicted octanol–water partition coefficient (Wildman–Crippen LogP) is 3.47. The van der Waals surface area contributed by atoms with Crippen molar-refractivity contribution in [3.63, 3.8) is 0 Å². The molecule has 0 aromatic heterocycles. The highest BCUT2D eigenvalue weighted by atomic mass is 14.4. The summed E-state index contributed by atoms with van der Waals surface area (Å²) in [6, 6.07) is 0. The summed E-state index contributed by atoms with van der Waals surface area (Å²) < 4.78 is 0. The van der Waals surface area contributed by atoms with E-state index in [0.29, 0.717) is 0 Å². The first-order valence-corrected chi connectivity index (χ1v) is 4.79. The van der Waals surface area contributed by atoms with Gasteiger partial charge in [0.2, 0.25) is 0 Å². The van der Waals surface area contributed by atoms with E-state index in [4.69, 9.17) is 0 Å². The lowest BCUT2D eigenvalue weighted by Crippen LogP contribution is -2.01. The maximum atomic E-state index is 2.39. The van der Waals surface area contributed by atoms with Crippen LogP contribution in [0.2, 0.25) is 0 Å². The minimum Gasteiger partial charge on any atom is -0.0654 e. The Labute approximate surface area is 65.0 Å². The van der Waals surface area contributed by atoms with Crippen molar-refractivity contribution in [2.45, 2.75) is 46.5 Å². The van der Waals surface area contributed by atoms with E-state index in [1.165, 1.54) is 25.7 Å². The highest BCUT2D eigenvalue weighted by Gasteiger charge is 2.37. The van der Waals surface area contributed by atoms with Crippen molar-refractivity contribution in [3.8, 4) is 0 Å². The molecule has 0 N–H and O–H groups in total. The lowest BCUT2D eigenvalue weighted by molar-refractivity contribution is 0.394. The Balaban J connectivity index is 2.20. The second-order valence-corrected chi connectivity index (χ2v) is 3.83. The Morgan fingerprint density at radius 3 is 2.30 bits per heavy atom. The lowest BCUT2D eigenvalue weighted by atomic mass is 9.94. The number of hydrogen-bond donors (Lipinski definition) is 0. The third-order valence-corrected chi connectivity index (χ3v) is 2.96. The molecule has 0 saturated heterocycles. The molecular weight excluding hydrogens is 120 g/mol. The summed E-state index contributed by atoms with van der Waals surface area (Å²) in [5, 5.41) is 0. The molecule has 10 heavy (non-hydrogen) atoms. The minimum absolute atomic E-state index is 1.05. The molecule has 0 aromatic carbocycles. The quantitative estimate of drug-likeness (QED) is 0.561. The summed E-state index contributed by atoms with van der Waals surface area (Å²) in [5.74, 6) is 3.21. The molecule has 0 amide bonds. The molecule has 1 aliphatic rings. The van der Waals surface area contributed by atoms with Gasteiger partial charge in [0.1, 0.15) is 0 Å². The zero-order valence-corrected chi connectivity index (χ0v) is 7.56. The van der Waals surface area contributed by atoms with Crippen LogP contribution in [0, 0.1) is 17.8 Å². The third kappa shape index (κ3) is 1.74. The zero-order valence-electron chi connectivity index (χ0n) is 7.56. The summed E-state index contributed by atoms with van der Waals surface area (Å²) in [7, 11) is 0. The van der Waals surface area contributed by atoms with E-state index < -0.39 is 0 Å². The van der Waals surface area contributed by atoms with Crippen LogP contribution >= 0.6 is 0 Å². The van der Waals surface area contributed by atoms with Crippen molar-refractivity contribution in [2.75, 3.05) is 0 Å². The van der Waals surface area contributed by atoms with Crippen LogP contribution in [-0.2, 0) is 0 Å².